The van der Waals surface area contributed by atoms with Gasteiger partial charge in [0, 0.05) is 18.9 Å². The van der Waals surface area contributed by atoms with Crippen LogP contribution in [0.3, 0.4) is 0 Å². The monoisotopic (exact) mass is 195 g/mol. The number of aromatic nitrogens is 1. The van der Waals surface area contributed by atoms with E-state index in [2.05, 4.69) is 11.5 Å². The van der Waals surface area contributed by atoms with Crippen LogP contribution in [0.4, 0.5) is 0 Å². The van der Waals surface area contributed by atoms with Crippen LogP contribution in [0, 0.1) is 0 Å². The highest BCUT2D eigenvalue weighted by atomic mass is 16.5. The maximum atomic E-state index is 8.91. The second kappa shape index (κ2) is 4.15. The summed E-state index contributed by atoms with van der Waals surface area (Å²) in [6.07, 6.45) is 7.05. The Bertz CT molecular complexity index is 295. The van der Waals surface area contributed by atoms with E-state index in [0.29, 0.717) is 12.2 Å². The Balaban J connectivity index is 1.90. The van der Waals surface area contributed by atoms with Crippen molar-refractivity contribution in [1.82, 2.24) is 4.57 Å². The molecule has 0 saturated carbocycles. The fraction of sp³-hybridized carbons (Fsp3) is 0.636. The Labute approximate surface area is 84.3 Å². The van der Waals surface area contributed by atoms with Crippen LogP contribution in [0.2, 0.25) is 0 Å². The van der Waals surface area contributed by atoms with Gasteiger partial charge >= 0.3 is 0 Å². The molecule has 78 valence electrons. The molecule has 0 bridgehead atoms. The summed E-state index contributed by atoms with van der Waals surface area (Å²) in [7, 11) is 0. The second-order valence-electron chi connectivity index (χ2n) is 4.02. The molecule has 1 aromatic heterocycles. The number of aliphatic hydroxyl groups is 1. The van der Waals surface area contributed by atoms with Crippen molar-refractivity contribution >= 4 is 0 Å². The average molecular weight is 195 g/mol. The lowest BCUT2D eigenvalue weighted by atomic mass is 10.2. The van der Waals surface area contributed by atoms with Gasteiger partial charge in [0.25, 0.3) is 0 Å². The van der Waals surface area contributed by atoms with Crippen LogP contribution < -0.4 is 0 Å². The molecule has 2 unspecified atom stereocenters. The molecule has 2 rings (SSSR count). The third kappa shape index (κ3) is 2.16. The molecule has 1 N–H and O–H groups in total. The van der Waals surface area contributed by atoms with E-state index in [0.717, 1.165) is 18.5 Å². The van der Waals surface area contributed by atoms with Crippen molar-refractivity contribution in [2.75, 3.05) is 0 Å². The van der Waals surface area contributed by atoms with Crippen molar-refractivity contribution in [3.8, 4) is 0 Å². The highest BCUT2D eigenvalue weighted by Crippen LogP contribution is 2.20. The summed E-state index contributed by atoms with van der Waals surface area (Å²) in [4.78, 5) is 0. The number of nitrogens with zero attached hydrogens (tertiary/aromatic N) is 1. The van der Waals surface area contributed by atoms with Crippen molar-refractivity contribution in [2.45, 2.75) is 45.1 Å². The molecular weight excluding hydrogens is 178 g/mol. The van der Waals surface area contributed by atoms with Crippen molar-refractivity contribution in [3.05, 3.63) is 24.0 Å². The topological polar surface area (TPSA) is 34.4 Å². The molecule has 0 radical (unpaired) electrons. The molecule has 1 fully saturated rings. The Kier molecular flexibility index (Phi) is 2.89. The normalized spacial score (nSPS) is 27.0. The highest BCUT2D eigenvalue weighted by molar-refractivity contribution is 5.08. The highest BCUT2D eigenvalue weighted by Gasteiger charge is 2.21. The molecule has 0 aliphatic carbocycles. The van der Waals surface area contributed by atoms with E-state index in [9.17, 15) is 0 Å². The van der Waals surface area contributed by atoms with Crippen LogP contribution in [0.15, 0.2) is 18.5 Å². The Hall–Kier alpha value is -0.800. The fourth-order valence-corrected chi connectivity index (χ4v) is 1.95. The van der Waals surface area contributed by atoms with Crippen LogP contribution in [-0.4, -0.2) is 21.9 Å². The van der Waals surface area contributed by atoms with Gasteiger partial charge < -0.3 is 14.4 Å². The van der Waals surface area contributed by atoms with E-state index in [4.69, 9.17) is 9.84 Å². The zero-order chi connectivity index (χ0) is 9.97. The summed E-state index contributed by atoms with van der Waals surface area (Å²) in [6, 6.07) is 1.94. The van der Waals surface area contributed by atoms with Gasteiger partial charge in [-0.2, -0.15) is 0 Å². The van der Waals surface area contributed by atoms with Gasteiger partial charge in [0.2, 0.25) is 0 Å². The van der Waals surface area contributed by atoms with E-state index in [1.54, 1.807) is 0 Å². The molecule has 0 amide bonds. The van der Waals surface area contributed by atoms with Gasteiger partial charge in [-0.15, -0.1) is 0 Å². The van der Waals surface area contributed by atoms with Crippen molar-refractivity contribution < 1.29 is 9.84 Å². The van der Waals surface area contributed by atoms with Crippen molar-refractivity contribution in [3.63, 3.8) is 0 Å². The number of aliphatic hydroxyl groups excluding tert-OH is 1. The minimum atomic E-state index is 0.120. The van der Waals surface area contributed by atoms with Crippen LogP contribution in [0.25, 0.3) is 0 Å². The van der Waals surface area contributed by atoms with Gasteiger partial charge in [-0.1, -0.05) is 0 Å². The van der Waals surface area contributed by atoms with E-state index < -0.39 is 0 Å². The summed E-state index contributed by atoms with van der Waals surface area (Å²) in [5, 5.41) is 8.91. The van der Waals surface area contributed by atoms with E-state index in [1.165, 1.54) is 6.42 Å². The first-order chi connectivity index (χ1) is 6.78. The van der Waals surface area contributed by atoms with E-state index >= 15 is 0 Å². The Morgan fingerprint density at radius 3 is 3.00 bits per heavy atom. The zero-order valence-electron chi connectivity index (χ0n) is 8.52. The van der Waals surface area contributed by atoms with Crippen LogP contribution in [0.5, 0.6) is 0 Å². The molecule has 1 aromatic rings. The molecule has 3 heteroatoms. The Morgan fingerprint density at radius 1 is 1.57 bits per heavy atom. The average Bonchev–Trinajstić information content (AvgIpc) is 2.76. The molecule has 0 aromatic carbocycles. The number of hydrogen-bond donors (Lipinski definition) is 1. The van der Waals surface area contributed by atoms with Gasteiger partial charge in [-0.25, -0.2) is 0 Å². The quantitative estimate of drug-likeness (QED) is 0.794. The Morgan fingerprint density at radius 2 is 2.43 bits per heavy atom. The predicted molar refractivity (Wildman–Crippen MR) is 53.9 cm³/mol. The summed E-state index contributed by atoms with van der Waals surface area (Å²) < 4.78 is 7.82. The smallest absolute Gasteiger partial charge is 0.0758 e. The van der Waals surface area contributed by atoms with Gasteiger partial charge in [0.15, 0.2) is 0 Å². The first-order valence-electron chi connectivity index (χ1n) is 5.19. The fourth-order valence-electron chi connectivity index (χ4n) is 1.95. The zero-order valence-corrected chi connectivity index (χ0v) is 8.52. The summed E-state index contributed by atoms with van der Waals surface area (Å²) in [5.41, 5.74) is 0.969. The van der Waals surface area contributed by atoms with Gasteiger partial charge in [0.1, 0.15) is 0 Å². The minimum Gasteiger partial charge on any atom is -0.392 e. The number of ether oxygens (including phenoxy) is 1. The predicted octanol–water partition coefficient (Wildman–Crippen LogP) is 1.55. The maximum absolute atomic E-state index is 8.91. The van der Waals surface area contributed by atoms with Gasteiger partial charge in [0.05, 0.1) is 18.8 Å². The molecule has 0 spiro atoms. The minimum absolute atomic E-state index is 0.120. The molecular formula is C11H17NO2. The molecule has 1 saturated heterocycles. The number of rotatable bonds is 3. The SMILES string of the molecule is CC1CCC(Cn2ccc(CO)c2)O1. The maximum Gasteiger partial charge on any atom is 0.0758 e. The molecule has 2 atom stereocenters. The van der Waals surface area contributed by atoms with E-state index in [1.807, 2.05) is 18.5 Å². The number of hydrogen-bond acceptors (Lipinski definition) is 2. The summed E-state index contributed by atoms with van der Waals surface area (Å²) >= 11 is 0. The third-order valence-electron chi connectivity index (χ3n) is 2.73. The van der Waals surface area contributed by atoms with Crippen molar-refractivity contribution in [1.29, 1.82) is 0 Å². The van der Waals surface area contributed by atoms with Gasteiger partial charge in [-0.05, 0) is 31.4 Å². The summed E-state index contributed by atoms with van der Waals surface area (Å²) in [5.74, 6) is 0. The lowest BCUT2D eigenvalue weighted by Crippen LogP contribution is -2.15. The third-order valence-corrected chi connectivity index (χ3v) is 2.73. The van der Waals surface area contributed by atoms with E-state index in [-0.39, 0.29) is 6.61 Å². The molecule has 1 aliphatic heterocycles. The summed E-state index contributed by atoms with van der Waals surface area (Å²) in [6.45, 7) is 3.15. The molecule has 14 heavy (non-hydrogen) atoms. The molecule has 1 aliphatic rings. The first kappa shape index (κ1) is 9.74. The lowest BCUT2D eigenvalue weighted by molar-refractivity contribution is 0.0458. The van der Waals surface area contributed by atoms with Crippen molar-refractivity contribution in [2.24, 2.45) is 0 Å². The van der Waals surface area contributed by atoms with Crippen LogP contribution in [-0.2, 0) is 17.9 Å². The largest absolute Gasteiger partial charge is 0.392 e. The lowest BCUT2D eigenvalue weighted by Gasteiger charge is -2.11. The van der Waals surface area contributed by atoms with Gasteiger partial charge in [-0.3, -0.25) is 0 Å². The first-order valence-corrected chi connectivity index (χ1v) is 5.19. The molecule has 3 nitrogen and oxygen atoms in total. The second-order valence-corrected chi connectivity index (χ2v) is 4.02. The van der Waals surface area contributed by atoms with Crippen LogP contribution >= 0.6 is 0 Å². The molecule has 2 heterocycles. The van der Waals surface area contributed by atoms with Crippen LogP contribution in [0.1, 0.15) is 25.3 Å². The standard InChI is InChI=1S/C11H17NO2/c1-9-2-3-11(14-9)7-12-5-4-10(6-12)8-13/h4-6,9,11,13H,2-3,7-8H2,1H3.